The average Bonchev–Trinajstić information content (AvgIpc) is 3.40. The number of carbonyl (C=O) groups is 1. The zero-order chi connectivity index (χ0) is 29.2. The number of furan rings is 1. The molecule has 1 amide bonds. The summed E-state index contributed by atoms with van der Waals surface area (Å²) in [6, 6.07) is 25.0. The number of amides is 1. The molecule has 2 heterocycles. The van der Waals surface area contributed by atoms with Gasteiger partial charge in [-0.3, -0.25) is 9.59 Å². The van der Waals surface area contributed by atoms with Crippen LogP contribution in [-0.4, -0.2) is 28.4 Å². The van der Waals surface area contributed by atoms with E-state index in [1.54, 1.807) is 48.5 Å². The second-order valence-corrected chi connectivity index (χ2v) is 11.0. The smallest absolute Gasteiger partial charge is 0.282 e. The second kappa shape index (κ2) is 11.7. The minimum absolute atomic E-state index is 0.221. The number of rotatable bonds is 7. The quantitative estimate of drug-likeness (QED) is 0.177. The lowest BCUT2D eigenvalue weighted by Gasteiger charge is -2.11. The maximum Gasteiger partial charge on any atom is 0.282 e. The number of para-hydroxylation sites is 1. The van der Waals surface area contributed by atoms with Gasteiger partial charge in [0.25, 0.3) is 11.5 Å². The van der Waals surface area contributed by atoms with E-state index in [1.165, 1.54) is 35.2 Å². The van der Waals surface area contributed by atoms with E-state index in [2.05, 4.69) is 42.3 Å². The Labute approximate surface area is 254 Å². The molecule has 0 atom stereocenters. The molecule has 0 radical (unpaired) electrons. The number of nitrogens with one attached hydrogen (secondary N) is 1. The monoisotopic (exact) mass is 688 g/mol. The van der Waals surface area contributed by atoms with Gasteiger partial charge in [-0.1, -0.05) is 44.0 Å². The highest BCUT2D eigenvalue weighted by atomic mass is 79.9. The first-order valence-corrected chi connectivity index (χ1v) is 14.2. The first kappa shape index (κ1) is 27.6. The molecule has 0 aliphatic heterocycles. The third kappa shape index (κ3) is 5.88. The Morgan fingerprint density at radius 1 is 1.00 bits per heavy atom. The molecule has 42 heavy (non-hydrogen) atoms. The molecule has 0 spiro atoms. The molecule has 1 N–H and O–H groups in total. The molecule has 0 aliphatic rings. The predicted molar refractivity (Wildman–Crippen MR) is 167 cm³/mol. The summed E-state index contributed by atoms with van der Waals surface area (Å²) < 4.78 is 27.8. The summed E-state index contributed by atoms with van der Waals surface area (Å²) in [5.41, 5.74) is 1.69. The molecule has 6 aromatic rings. The maximum atomic E-state index is 13.6. The van der Waals surface area contributed by atoms with E-state index in [4.69, 9.17) is 14.1 Å². The van der Waals surface area contributed by atoms with Crippen LogP contribution in [0.4, 0.5) is 10.1 Å². The molecular weight excluding hydrogens is 671 g/mol. The number of fused-ring (bicyclic) bond motifs is 2. The van der Waals surface area contributed by atoms with E-state index in [0.29, 0.717) is 39.2 Å². The van der Waals surface area contributed by atoms with E-state index < -0.39 is 11.7 Å². The van der Waals surface area contributed by atoms with Crippen molar-refractivity contribution in [1.82, 2.24) is 9.66 Å². The van der Waals surface area contributed by atoms with Gasteiger partial charge in [-0.05, 0) is 78.9 Å². The molecule has 4 aromatic carbocycles. The van der Waals surface area contributed by atoms with Crippen molar-refractivity contribution in [2.75, 3.05) is 11.9 Å². The zero-order valence-corrected chi connectivity index (χ0v) is 24.7. The fraction of sp³-hybridized carbons (Fsp3) is 0.0323. The van der Waals surface area contributed by atoms with Crippen LogP contribution in [0, 0.1) is 5.82 Å². The molecule has 208 valence electrons. The number of carbonyl (C=O) groups excluding carboxylic acids is 1. The Kier molecular flexibility index (Phi) is 7.68. The van der Waals surface area contributed by atoms with E-state index in [9.17, 15) is 14.0 Å². The van der Waals surface area contributed by atoms with Gasteiger partial charge in [0.05, 0.1) is 17.1 Å². The Morgan fingerprint density at radius 3 is 2.60 bits per heavy atom. The Hall–Kier alpha value is -4.61. The number of aromatic nitrogens is 2. The number of halogens is 3. The molecule has 0 unspecified atom stereocenters. The minimum atomic E-state index is -0.429. The van der Waals surface area contributed by atoms with Crippen LogP contribution in [0.15, 0.2) is 114 Å². The molecule has 2 aromatic heterocycles. The van der Waals surface area contributed by atoms with E-state index in [1.807, 2.05) is 18.2 Å². The highest BCUT2D eigenvalue weighted by Gasteiger charge is 2.17. The van der Waals surface area contributed by atoms with Crippen LogP contribution in [0.3, 0.4) is 0 Å². The summed E-state index contributed by atoms with van der Waals surface area (Å²) in [4.78, 5) is 30.8. The van der Waals surface area contributed by atoms with E-state index in [0.717, 1.165) is 14.3 Å². The van der Waals surface area contributed by atoms with Gasteiger partial charge in [-0.25, -0.2) is 9.37 Å². The molecule has 0 saturated heterocycles. The third-order valence-corrected chi connectivity index (χ3v) is 7.21. The van der Waals surface area contributed by atoms with Crippen molar-refractivity contribution >= 4 is 71.5 Å². The van der Waals surface area contributed by atoms with Crippen molar-refractivity contribution in [2.24, 2.45) is 5.10 Å². The van der Waals surface area contributed by atoms with Crippen LogP contribution in [0.1, 0.15) is 5.56 Å². The van der Waals surface area contributed by atoms with Gasteiger partial charge in [-0.2, -0.15) is 9.78 Å². The van der Waals surface area contributed by atoms with Gasteiger partial charge < -0.3 is 14.5 Å². The van der Waals surface area contributed by atoms with Crippen molar-refractivity contribution in [2.45, 2.75) is 0 Å². The number of hydrogen-bond acceptors (Lipinski definition) is 6. The first-order chi connectivity index (χ1) is 20.3. The summed E-state index contributed by atoms with van der Waals surface area (Å²) >= 11 is 6.92. The van der Waals surface area contributed by atoms with Crippen LogP contribution in [0.25, 0.3) is 33.5 Å². The molecule has 6 rings (SSSR count). The van der Waals surface area contributed by atoms with Crippen LogP contribution in [0.2, 0.25) is 0 Å². The number of nitrogens with zero attached hydrogens (tertiary/aromatic N) is 3. The van der Waals surface area contributed by atoms with Gasteiger partial charge >= 0.3 is 0 Å². The van der Waals surface area contributed by atoms with Gasteiger partial charge in [-0.15, -0.1) is 0 Å². The third-order valence-electron chi connectivity index (χ3n) is 6.22. The molecule has 0 saturated carbocycles. The lowest BCUT2D eigenvalue weighted by molar-refractivity contribution is -0.118. The molecule has 0 fully saturated rings. The van der Waals surface area contributed by atoms with E-state index >= 15 is 0 Å². The fourth-order valence-corrected chi connectivity index (χ4v) is 5.02. The average molecular weight is 690 g/mol. The van der Waals surface area contributed by atoms with Crippen LogP contribution in [0.5, 0.6) is 5.75 Å². The maximum absolute atomic E-state index is 13.6. The number of ether oxygens (including phenoxy) is 1. The first-order valence-electron chi connectivity index (χ1n) is 12.6. The summed E-state index contributed by atoms with van der Waals surface area (Å²) in [6.07, 6.45) is 1.46. The van der Waals surface area contributed by atoms with E-state index in [-0.39, 0.29) is 18.0 Å². The largest absolute Gasteiger partial charge is 0.483 e. The second-order valence-electron chi connectivity index (χ2n) is 9.13. The molecule has 11 heteroatoms. The van der Waals surface area contributed by atoms with Gasteiger partial charge in [0, 0.05) is 25.6 Å². The summed E-state index contributed by atoms with van der Waals surface area (Å²) in [5.74, 6) is 0.110. The highest BCUT2D eigenvalue weighted by Crippen LogP contribution is 2.29. The Balaban J connectivity index is 1.35. The van der Waals surface area contributed by atoms with Crippen molar-refractivity contribution in [3.05, 3.63) is 122 Å². The Bertz CT molecular complexity index is 2060. The van der Waals surface area contributed by atoms with Crippen molar-refractivity contribution in [1.29, 1.82) is 0 Å². The standard InChI is InChI=1S/C31H19Br2FN4O4/c32-20-6-12-27-18(13-20)15-28(42-27)30-37-25-4-2-1-3-24(25)31(40)38(30)35-16-19-14-21(33)5-11-26(19)41-17-29(39)36-23-9-7-22(34)8-10-23/h1-16H,17H2,(H,36,39). The SMILES string of the molecule is O=C(COc1ccc(Br)cc1C=Nn1c(-c2cc3cc(Br)ccc3o2)nc2ccccc2c1=O)Nc1ccc(F)cc1. The Morgan fingerprint density at radius 2 is 1.76 bits per heavy atom. The zero-order valence-electron chi connectivity index (χ0n) is 21.6. The molecular formula is C31H19Br2FN4O4. The number of hydrogen-bond donors (Lipinski definition) is 1. The molecule has 0 bridgehead atoms. The molecule has 0 aliphatic carbocycles. The van der Waals surface area contributed by atoms with Crippen molar-refractivity contribution < 1.29 is 18.3 Å². The predicted octanol–water partition coefficient (Wildman–Crippen LogP) is 7.37. The fourth-order valence-electron chi connectivity index (χ4n) is 4.26. The lowest BCUT2D eigenvalue weighted by Crippen LogP contribution is -2.21. The summed E-state index contributed by atoms with van der Waals surface area (Å²) in [7, 11) is 0. The van der Waals surface area contributed by atoms with Gasteiger partial charge in [0.1, 0.15) is 17.1 Å². The van der Waals surface area contributed by atoms with Crippen LogP contribution in [-0.2, 0) is 4.79 Å². The minimum Gasteiger partial charge on any atom is -0.483 e. The van der Waals surface area contributed by atoms with Gasteiger partial charge in [0.2, 0.25) is 5.82 Å². The topological polar surface area (TPSA) is 98.7 Å². The van der Waals surface area contributed by atoms with Crippen molar-refractivity contribution in [3.8, 4) is 17.3 Å². The summed E-state index contributed by atoms with van der Waals surface area (Å²) in [5, 5.41) is 8.38. The normalized spacial score (nSPS) is 11.4. The molecule has 8 nitrogen and oxygen atoms in total. The van der Waals surface area contributed by atoms with Crippen LogP contribution < -0.4 is 15.6 Å². The number of benzene rings is 4. The number of anilines is 1. The van der Waals surface area contributed by atoms with Crippen molar-refractivity contribution in [3.63, 3.8) is 0 Å². The summed E-state index contributed by atoms with van der Waals surface area (Å²) in [6.45, 7) is -0.308. The van der Waals surface area contributed by atoms with Crippen LogP contribution >= 0.6 is 31.9 Å². The van der Waals surface area contributed by atoms with Gasteiger partial charge in [0.15, 0.2) is 12.4 Å². The highest BCUT2D eigenvalue weighted by molar-refractivity contribution is 9.10. The lowest BCUT2D eigenvalue weighted by atomic mass is 10.2.